The summed E-state index contributed by atoms with van der Waals surface area (Å²) in [6, 6.07) is 10.6. The van der Waals surface area contributed by atoms with Crippen molar-refractivity contribution in [3.63, 3.8) is 0 Å². The Kier molecular flexibility index (Phi) is 6.72. The Labute approximate surface area is 177 Å². The highest BCUT2D eigenvalue weighted by atomic mass is 16.6. The third-order valence-corrected chi connectivity index (χ3v) is 5.19. The zero-order chi connectivity index (χ0) is 21.7. The van der Waals surface area contributed by atoms with E-state index in [0.29, 0.717) is 30.5 Å². The van der Waals surface area contributed by atoms with Crippen LogP contribution in [0, 0.1) is 0 Å². The number of hydrogen-bond donors (Lipinski definition) is 2. The van der Waals surface area contributed by atoms with Crippen molar-refractivity contribution >= 4 is 18.2 Å². The summed E-state index contributed by atoms with van der Waals surface area (Å²) in [7, 11) is 0. The van der Waals surface area contributed by atoms with Gasteiger partial charge in [0.15, 0.2) is 0 Å². The number of pyridine rings is 1. The molecule has 2 amide bonds. The maximum atomic E-state index is 13.1. The summed E-state index contributed by atoms with van der Waals surface area (Å²) in [4.78, 5) is 29.5. The highest BCUT2D eigenvalue weighted by Crippen LogP contribution is 2.35. The van der Waals surface area contributed by atoms with Gasteiger partial charge in [-0.2, -0.15) is 0 Å². The minimum atomic E-state index is -0.838. The number of rotatable bonds is 6. The van der Waals surface area contributed by atoms with Crippen LogP contribution >= 0.6 is 0 Å². The van der Waals surface area contributed by atoms with Crippen LogP contribution in [0.2, 0.25) is 0 Å². The van der Waals surface area contributed by atoms with Gasteiger partial charge in [-0.25, -0.2) is 4.79 Å². The number of carbonyl (C=O) groups excluding carboxylic acids is 2. The first-order valence-corrected chi connectivity index (χ1v) is 10.2. The summed E-state index contributed by atoms with van der Waals surface area (Å²) >= 11 is 0. The number of nitrogens with zero attached hydrogens (tertiary/aromatic N) is 2. The fraction of sp³-hybridized carbons (Fsp3) is 0.435. The Balaban J connectivity index is 1.82. The van der Waals surface area contributed by atoms with E-state index < -0.39 is 17.8 Å². The first kappa shape index (κ1) is 21.8. The van der Waals surface area contributed by atoms with Crippen LogP contribution in [0.15, 0.2) is 48.8 Å². The van der Waals surface area contributed by atoms with E-state index in [1.165, 1.54) is 0 Å². The van der Waals surface area contributed by atoms with Crippen molar-refractivity contribution in [3.05, 3.63) is 59.9 Å². The molecule has 0 spiro atoms. The van der Waals surface area contributed by atoms with Crippen molar-refractivity contribution in [2.24, 2.45) is 0 Å². The van der Waals surface area contributed by atoms with Crippen LogP contribution in [0.3, 0.4) is 0 Å². The first-order valence-electron chi connectivity index (χ1n) is 10.2. The number of amides is 2. The number of benzene rings is 1. The topological polar surface area (TPSA) is 91.8 Å². The molecule has 160 valence electrons. The molecule has 0 saturated carbocycles. The summed E-state index contributed by atoms with van der Waals surface area (Å²) in [6.45, 7) is 5.50. The molecule has 7 heteroatoms. The van der Waals surface area contributed by atoms with E-state index in [1.807, 2.05) is 51.1 Å². The van der Waals surface area contributed by atoms with E-state index in [9.17, 15) is 14.7 Å². The lowest BCUT2D eigenvalue weighted by molar-refractivity contribution is -0.105. The number of nitrogens with one attached hydrogen (secondary N) is 1. The molecule has 2 N–H and O–H groups in total. The molecule has 1 saturated heterocycles. The van der Waals surface area contributed by atoms with Crippen molar-refractivity contribution in [2.45, 2.75) is 63.8 Å². The predicted molar refractivity (Wildman–Crippen MR) is 114 cm³/mol. The highest BCUT2D eigenvalue weighted by Gasteiger charge is 2.42. The first-order chi connectivity index (χ1) is 14.3. The van der Waals surface area contributed by atoms with E-state index >= 15 is 0 Å². The van der Waals surface area contributed by atoms with Crippen LogP contribution < -0.4 is 5.32 Å². The molecule has 1 aliphatic rings. The SMILES string of the molecule is CC(C)(C)OC(=O)N1C(Cc2ccc(NC=O)cc2)CC[C@@H]1[C@H](O)c1cccnc1. The largest absolute Gasteiger partial charge is 0.444 e. The maximum Gasteiger partial charge on any atom is 0.410 e. The van der Waals surface area contributed by atoms with Gasteiger partial charge in [-0.1, -0.05) is 18.2 Å². The van der Waals surface area contributed by atoms with Crippen molar-refractivity contribution in [2.75, 3.05) is 5.32 Å². The zero-order valence-electron chi connectivity index (χ0n) is 17.6. The van der Waals surface area contributed by atoms with Crippen molar-refractivity contribution < 1.29 is 19.4 Å². The Morgan fingerprint density at radius 3 is 2.63 bits per heavy atom. The molecule has 3 atom stereocenters. The molecule has 3 rings (SSSR count). The van der Waals surface area contributed by atoms with E-state index in [0.717, 1.165) is 12.0 Å². The van der Waals surface area contributed by atoms with Gasteiger partial charge in [0.2, 0.25) is 6.41 Å². The zero-order valence-corrected chi connectivity index (χ0v) is 17.6. The Hall–Kier alpha value is -2.93. The third-order valence-electron chi connectivity index (χ3n) is 5.19. The number of aromatic nitrogens is 1. The molecule has 2 heterocycles. The van der Waals surface area contributed by atoms with Crippen molar-refractivity contribution in [1.29, 1.82) is 0 Å². The lowest BCUT2D eigenvalue weighted by Gasteiger charge is -2.34. The average Bonchev–Trinajstić information content (AvgIpc) is 3.12. The lowest BCUT2D eigenvalue weighted by atomic mass is 10.0. The summed E-state index contributed by atoms with van der Waals surface area (Å²) in [6.07, 6.45) is 4.73. The van der Waals surface area contributed by atoms with Crippen LogP contribution in [0.5, 0.6) is 0 Å². The molecule has 0 radical (unpaired) electrons. The fourth-order valence-corrected chi connectivity index (χ4v) is 3.87. The van der Waals surface area contributed by atoms with Crippen LogP contribution in [-0.2, 0) is 16.0 Å². The van der Waals surface area contributed by atoms with Gasteiger partial charge in [0.1, 0.15) is 11.7 Å². The predicted octanol–water partition coefficient (Wildman–Crippen LogP) is 3.69. The van der Waals surface area contributed by atoms with Crippen molar-refractivity contribution in [1.82, 2.24) is 9.88 Å². The molecule has 1 aromatic carbocycles. The monoisotopic (exact) mass is 411 g/mol. The molecular formula is C23H29N3O4. The van der Waals surface area contributed by atoms with Gasteiger partial charge in [-0.15, -0.1) is 0 Å². The van der Waals surface area contributed by atoms with Gasteiger partial charge in [-0.05, 0) is 63.8 Å². The molecule has 30 heavy (non-hydrogen) atoms. The number of carbonyl (C=O) groups is 2. The van der Waals surface area contributed by atoms with Crippen LogP contribution in [-0.4, -0.2) is 45.2 Å². The maximum absolute atomic E-state index is 13.1. The lowest BCUT2D eigenvalue weighted by Crippen LogP contribution is -2.47. The second-order valence-corrected chi connectivity index (χ2v) is 8.58. The molecule has 0 bridgehead atoms. The molecular weight excluding hydrogens is 382 g/mol. The van der Waals surface area contributed by atoms with Crippen LogP contribution in [0.1, 0.15) is 50.8 Å². The second kappa shape index (κ2) is 9.26. The third kappa shape index (κ3) is 5.36. The van der Waals surface area contributed by atoms with Crippen molar-refractivity contribution in [3.8, 4) is 0 Å². The van der Waals surface area contributed by atoms with Gasteiger partial charge in [-0.3, -0.25) is 14.7 Å². The fourth-order valence-electron chi connectivity index (χ4n) is 3.87. The summed E-state index contributed by atoms with van der Waals surface area (Å²) in [5.74, 6) is 0. The standard InChI is InChI=1S/C23H29N3O4/c1-23(2,3)30-22(29)26-19(13-16-6-8-18(9-7-16)25-15-27)10-11-20(26)21(28)17-5-4-12-24-14-17/h4-9,12,14-15,19-21,28H,10-11,13H2,1-3H3,(H,25,27)/t19?,20-,21-/m1/s1. The highest BCUT2D eigenvalue weighted by molar-refractivity contribution is 5.71. The van der Waals surface area contributed by atoms with Gasteiger partial charge < -0.3 is 15.2 Å². The van der Waals surface area contributed by atoms with Gasteiger partial charge in [0.25, 0.3) is 0 Å². The van der Waals surface area contributed by atoms with Gasteiger partial charge in [0, 0.05) is 29.7 Å². The quantitative estimate of drug-likeness (QED) is 0.708. The molecule has 0 aliphatic carbocycles. The number of ether oxygens (including phenoxy) is 1. The number of hydrogen-bond acceptors (Lipinski definition) is 5. The summed E-state index contributed by atoms with van der Waals surface area (Å²) in [5, 5.41) is 13.6. The molecule has 7 nitrogen and oxygen atoms in total. The molecule has 1 aliphatic heterocycles. The molecule has 2 aromatic rings. The minimum absolute atomic E-state index is 0.0962. The number of aliphatic hydroxyl groups is 1. The smallest absolute Gasteiger partial charge is 0.410 e. The number of anilines is 1. The normalized spacial score (nSPS) is 19.9. The average molecular weight is 412 g/mol. The van der Waals surface area contributed by atoms with E-state index in [1.54, 1.807) is 23.4 Å². The van der Waals surface area contributed by atoms with Crippen LogP contribution in [0.25, 0.3) is 0 Å². The van der Waals surface area contributed by atoms with E-state index in [-0.39, 0.29) is 12.1 Å². The second-order valence-electron chi connectivity index (χ2n) is 8.58. The van der Waals surface area contributed by atoms with E-state index in [2.05, 4.69) is 10.3 Å². The van der Waals surface area contributed by atoms with Gasteiger partial charge >= 0.3 is 6.09 Å². The molecule has 1 fully saturated rings. The Morgan fingerprint density at radius 2 is 2.03 bits per heavy atom. The Morgan fingerprint density at radius 1 is 1.30 bits per heavy atom. The molecule has 1 aromatic heterocycles. The summed E-state index contributed by atoms with van der Waals surface area (Å²) < 4.78 is 5.67. The minimum Gasteiger partial charge on any atom is -0.444 e. The van der Waals surface area contributed by atoms with Gasteiger partial charge in [0.05, 0.1) is 6.04 Å². The van der Waals surface area contributed by atoms with E-state index in [4.69, 9.17) is 4.74 Å². The van der Waals surface area contributed by atoms with Crippen LogP contribution in [0.4, 0.5) is 10.5 Å². The summed E-state index contributed by atoms with van der Waals surface area (Å²) in [5.41, 5.74) is 1.81. The Bertz CT molecular complexity index is 849. The number of aliphatic hydroxyl groups excluding tert-OH is 1. The number of likely N-dealkylation sites (tertiary alicyclic amines) is 1. The molecule has 1 unspecified atom stereocenters.